The molecular weight excluding hydrogens is 338 g/mol. The molecule has 4 aromatic rings. The van der Waals surface area contributed by atoms with Crippen molar-refractivity contribution in [2.24, 2.45) is 0 Å². The molecule has 136 valence electrons. The molecule has 6 nitrogen and oxygen atoms in total. The first-order valence-electron chi connectivity index (χ1n) is 9.38. The molecule has 0 aromatic carbocycles. The third-order valence-electron chi connectivity index (χ3n) is 5.25. The molecule has 1 fully saturated rings. The van der Waals surface area contributed by atoms with Gasteiger partial charge in [-0.1, -0.05) is 11.2 Å². The average Bonchev–Trinajstić information content (AvgIpc) is 3.36. The van der Waals surface area contributed by atoms with Gasteiger partial charge in [-0.2, -0.15) is 0 Å². The number of pyridine rings is 1. The second-order valence-corrected chi connectivity index (χ2v) is 7.44. The fourth-order valence-corrected chi connectivity index (χ4v) is 3.95. The second kappa shape index (κ2) is 6.01. The van der Waals surface area contributed by atoms with Crippen LogP contribution in [0.5, 0.6) is 0 Å². The zero-order valence-corrected chi connectivity index (χ0v) is 15.7. The monoisotopic (exact) mass is 359 g/mol. The van der Waals surface area contributed by atoms with Crippen molar-refractivity contribution in [2.75, 3.05) is 0 Å². The zero-order chi connectivity index (χ0) is 18.5. The summed E-state index contributed by atoms with van der Waals surface area (Å²) in [5.74, 6) is 1.39. The molecule has 27 heavy (non-hydrogen) atoms. The summed E-state index contributed by atoms with van der Waals surface area (Å²) in [6.45, 7) is 6.44. The standard InChI is InChI=1S/C21H21N5O/c1-12(2)26-13(3)17(15-10-22-11-24-21(15)26)19-18(16-6-4-5-9-23-16)20(27-25-19)14-7-8-14/h4-6,9-12,14H,7-8H2,1-3H3. The van der Waals surface area contributed by atoms with Gasteiger partial charge in [-0.25, -0.2) is 9.97 Å². The topological polar surface area (TPSA) is 69.6 Å². The molecule has 4 heterocycles. The van der Waals surface area contributed by atoms with Crippen LogP contribution in [0.3, 0.4) is 0 Å². The van der Waals surface area contributed by atoms with Crippen molar-refractivity contribution < 1.29 is 4.52 Å². The molecule has 0 saturated heterocycles. The average molecular weight is 359 g/mol. The Hall–Kier alpha value is -3.02. The van der Waals surface area contributed by atoms with E-state index in [-0.39, 0.29) is 6.04 Å². The third-order valence-corrected chi connectivity index (χ3v) is 5.25. The summed E-state index contributed by atoms with van der Waals surface area (Å²) >= 11 is 0. The van der Waals surface area contributed by atoms with Gasteiger partial charge in [-0.15, -0.1) is 0 Å². The van der Waals surface area contributed by atoms with Crippen LogP contribution in [0.1, 0.15) is 50.1 Å². The van der Waals surface area contributed by atoms with Gasteiger partial charge in [0.15, 0.2) is 0 Å². The Morgan fingerprint density at radius 2 is 2.00 bits per heavy atom. The van der Waals surface area contributed by atoms with E-state index in [0.717, 1.165) is 57.8 Å². The number of fused-ring (bicyclic) bond motifs is 1. The minimum absolute atomic E-state index is 0.282. The molecule has 0 unspecified atom stereocenters. The van der Waals surface area contributed by atoms with Gasteiger partial charge in [0.05, 0.1) is 11.3 Å². The molecule has 0 radical (unpaired) electrons. The molecule has 0 aliphatic heterocycles. The summed E-state index contributed by atoms with van der Waals surface area (Å²) in [6.07, 6.45) is 7.57. The van der Waals surface area contributed by atoms with Crippen LogP contribution in [0.25, 0.3) is 33.5 Å². The SMILES string of the molecule is Cc1c(-c2noc(C3CC3)c2-c2ccccn2)c2cncnc2n1C(C)C. The van der Waals surface area contributed by atoms with E-state index >= 15 is 0 Å². The molecule has 1 aliphatic carbocycles. The number of hydrogen-bond acceptors (Lipinski definition) is 5. The molecule has 6 heteroatoms. The highest BCUT2D eigenvalue weighted by molar-refractivity contribution is 5.99. The molecule has 0 bridgehead atoms. The summed E-state index contributed by atoms with van der Waals surface area (Å²) in [5, 5.41) is 5.52. The fraction of sp³-hybridized carbons (Fsp3) is 0.333. The predicted molar refractivity (Wildman–Crippen MR) is 103 cm³/mol. The molecular formula is C21H21N5O. The fourth-order valence-electron chi connectivity index (χ4n) is 3.95. The highest BCUT2D eigenvalue weighted by Crippen LogP contribution is 2.48. The van der Waals surface area contributed by atoms with Gasteiger partial charge in [0.1, 0.15) is 23.4 Å². The maximum absolute atomic E-state index is 5.86. The van der Waals surface area contributed by atoms with E-state index in [1.54, 1.807) is 6.33 Å². The van der Waals surface area contributed by atoms with Gasteiger partial charge < -0.3 is 9.09 Å². The van der Waals surface area contributed by atoms with E-state index < -0.39 is 0 Å². The van der Waals surface area contributed by atoms with Crippen molar-refractivity contribution in [3.63, 3.8) is 0 Å². The van der Waals surface area contributed by atoms with Gasteiger partial charge in [-0.3, -0.25) is 4.98 Å². The van der Waals surface area contributed by atoms with Crippen LogP contribution in [-0.4, -0.2) is 24.7 Å². The van der Waals surface area contributed by atoms with E-state index in [1.165, 1.54) is 0 Å². The predicted octanol–water partition coefficient (Wildman–Crippen LogP) is 4.92. The van der Waals surface area contributed by atoms with Gasteiger partial charge in [0.25, 0.3) is 0 Å². The van der Waals surface area contributed by atoms with Crippen molar-refractivity contribution >= 4 is 11.0 Å². The van der Waals surface area contributed by atoms with Gasteiger partial charge in [0.2, 0.25) is 0 Å². The first-order chi connectivity index (χ1) is 13.2. The smallest absolute Gasteiger partial charge is 0.149 e. The van der Waals surface area contributed by atoms with Crippen molar-refractivity contribution in [3.05, 3.63) is 48.4 Å². The van der Waals surface area contributed by atoms with E-state index in [0.29, 0.717) is 5.92 Å². The van der Waals surface area contributed by atoms with Crippen LogP contribution in [0.15, 0.2) is 41.4 Å². The van der Waals surface area contributed by atoms with Crippen LogP contribution < -0.4 is 0 Å². The van der Waals surface area contributed by atoms with Crippen LogP contribution in [-0.2, 0) is 0 Å². The molecule has 0 spiro atoms. The highest BCUT2D eigenvalue weighted by atomic mass is 16.5. The van der Waals surface area contributed by atoms with Crippen LogP contribution >= 0.6 is 0 Å². The maximum Gasteiger partial charge on any atom is 0.149 e. The molecule has 0 amide bonds. The molecule has 5 rings (SSSR count). The largest absolute Gasteiger partial charge is 0.360 e. The Morgan fingerprint density at radius 1 is 1.15 bits per heavy atom. The molecule has 4 aromatic heterocycles. The lowest BCUT2D eigenvalue weighted by molar-refractivity contribution is 0.387. The number of nitrogens with zero attached hydrogens (tertiary/aromatic N) is 5. The lowest BCUT2D eigenvalue weighted by Crippen LogP contribution is -2.03. The van der Waals surface area contributed by atoms with E-state index in [9.17, 15) is 0 Å². The Bertz CT molecular complexity index is 1120. The lowest BCUT2D eigenvalue weighted by atomic mass is 10.00. The quantitative estimate of drug-likeness (QED) is 0.517. The molecule has 1 aliphatic rings. The van der Waals surface area contributed by atoms with Crippen LogP contribution in [0, 0.1) is 6.92 Å². The van der Waals surface area contributed by atoms with Gasteiger partial charge in [-0.05, 0) is 45.7 Å². The van der Waals surface area contributed by atoms with E-state index in [1.807, 2.05) is 30.6 Å². The number of rotatable bonds is 4. The summed E-state index contributed by atoms with van der Waals surface area (Å²) in [6, 6.07) is 6.24. The third kappa shape index (κ3) is 2.47. The van der Waals surface area contributed by atoms with Gasteiger partial charge in [0, 0.05) is 41.0 Å². The Labute approximate surface area is 157 Å². The van der Waals surface area contributed by atoms with E-state index in [4.69, 9.17) is 4.52 Å². The minimum Gasteiger partial charge on any atom is -0.360 e. The number of aromatic nitrogens is 5. The van der Waals surface area contributed by atoms with Crippen LogP contribution in [0.2, 0.25) is 0 Å². The van der Waals surface area contributed by atoms with Crippen molar-refractivity contribution in [3.8, 4) is 22.5 Å². The second-order valence-electron chi connectivity index (χ2n) is 7.44. The van der Waals surface area contributed by atoms with Crippen molar-refractivity contribution in [1.29, 1.82) is 0 Å². The first-order valence-corrected chi connectivity index (χ1v) is 9.38. The van der Waals surface area contributed by atoms with Crippen LogP contribution in [0.4, 0.5) is 0 Å². The van der Waals surface area contributed by atoms with Crippen molar-refractivity contribution in [2.45, 2.75) is 45.6 Å². The zero-order valence-electron chi connectivity index (χ0n) is 15.7. The Morgan fingerprint density at radius 3 is 2.70 bits per heavy atom. The Kier molecular flexibility index (Phi) is 3.60. The molecule has 0 N–H and O–H groups in total. The van der Waals surface area contributed by atoms with Crippen molar-refractivity contribution in [1.82, 2.24) is 24.7 Å². The summed E-state index contributed by atoms with van der Waals surface area (Å²) < 4.78 is 8.10. The normalized spacial score (nSPS) is 14.4. The molecule has 1 saturated carbocycles. The molecule has 0 atom stereocenters. The first kappa shape index (κ1) is 16.2. The maximum atomic E-state index is 5.86. The lowest BCUT2D eigenvalue weighted by Gasteiger charge is -2.11. The highest BCUT2D eigenvalue weighted by Gasteiger charge is 2.35. The Balaban J connectivity index is 1.84. The van der Waals surface area contributed by atoms with E-state index in [2.05, 4.69) is 45.4 Å². The summed E-state index contributed by atoms with van der Waals surface area (Å²) in [4.78, 5) is 13.4. The summed E-state index contributed by atoms with van der Waals surface area (Å²) in [7, 11) is 0. The minimum atomic E-state index is 0.282. The summed E-state index contributed by atoms with van der Waals surface area (Å²) in [5.41, 5.74) is 5.83. The van der Waals surface area contributed by atoms with Gasteiger partial charge >= 0.3 is 0 Å². The number of hydrogen-bond donors (Lipinski definition) is 0.